The molecule has 0 saturated heterocycles. The van der Waals surface area contributed by atoms with E-state index in [2.05, 4.69) is 21.2 Å². The largest absolute Gasteiger partial charge is 0.497 e. The maximum Gasteiger partial charge on any atom is 0.331 e. The molecule has 0 spiro atoms. The van der Waals surface area contributed by atoms with Gasteiger partial charge in [-0.2, -0.15) is 0 Å². The van der Waals surface area contributed by atoms with Crippen LogP contribution in [-0.2, 0) is 14.3 Å². The van der Waals surface area contributed by atoms with Crippen LogP contribution >= 0.6 is 15.9 Å². The molecule has 0 aliphatic heterocycles. The summed E-state index contributed by atoms with van der Waals surface area (Å²) in [4.78, 5) is 23.4. The molecule has 1 N–H and O–H groups in total. The number of anilines is 1. The van der Waals surface area contributed by atoms with Gasteiger partial charge < -0.3 is 14.8 Å². The van der Waals surface area contributed by atoms with Crippen LogP contribution in [0.25, 0.3) is 6.08 Å². The van der Waals surface area contributed by atoms with Crippen LogP contribution in [0.4, 0.5) is 5.69 Å². The van der Waals surface area contributed by atoms with Crippen LogP contribution in [0.3, 0.4) is 0 Å². The van der Waals surface area contributed by atoms with E-state index >= 15 is 0 Å². The highest BCUT2D eigenvalue weighted by Gasteiger charge is 2.06. The number of rotatable bonds is 6. The van der Waals surface area contributed by atoms with Crippen LogP contribution in [0.5, 0.6) is 5.75 Å². The lowest BCUT2D eigenvalue weighted by Gasteiger charge is -2.05. The van der Waals surface area contributed by atoms with Crippen molar-refractivity contribution in [1.82, 2.24) is 0 Å². The summed E-state index contributed by atoms with van der Waals surface area (Å²) in [5.74, 6) is -0.308. The number of methoxy groups -OCH3 is 1. The normalized spacial score (nSPS) is 10.4. The van der Waals surface area contributed by atoms with E-state index < -0.39 is 11.9 Å². The molecule has 0 fully saturated rings. The fraction of sp³-hybridized carbons (Fsp3) is 0.111. The number of esters is 1. The number of halogens is 1. The second kappa shape index (κ2) is 8.88. The number of carbonyl (C=O) groups is 2. The van der Waals surface area contributed by atoms with Gasteiger partial charge in [-0.1, -0.05) is 34.1 Å². The molecule has 0 aromatic heterocycles. The van der Waals surface area contributed by atoms with Crippen molar-refractivity contribution in [2.24, 2.45) is 0 Å². The summed E-state index contributed by atoms with van der Waals surface area (Å²) in [5, 5.41) is 2.64. The molecule has 0 unspecified atom stereocenters. The van der Waals surface area contributed by atoms with Crippen molar-refractivity contribution in [3.05, 3.63) is 64.6 Å². The molecule has 124 valence electrons. The molecule has 0 aliphatic rings. The molecule has 5 nitrogen and oxygen atoms in total. The smallest absolute Gasteiger partial charge is 0.331 e. The third kappa shape index (κ3) is 5.89. The van der Waals surface area contributed by atoms with Crippen molar-refractivity contribution in [1.29, 1.82) is 0 Å². The monoisotopic (exact) mass is 389 g/mol. The Morgan fingerprint density at radius 1 is 1.17 bits per heavy atom. The number of carbonyl (C=O) groups excluding carboxylic acids is 2. The Kier molecular flexibility index (Phi) is 6.57. The Morgan fingerprint density at radius 2 is 1.96 bits per heavy atom. The predicted octanol–water partition coefficient (Wildman–Crippen LogP) is 3.65. The second-order valence-electron chi connectivity index (χ2n) is 4.78. The Bertz CT molecular complexity index is 758. The first kappa shape index (κ1) is 17.7. The third-order valence-electron chi connectivity index (χ3n) is 2.96. The van der Waals surface area contributed by atoms with Gasteiger partial charge in [0.25, 0.3) is 5.91 Å². The topological polar surface area (TPSA) is 64.6 Å². The van der Waals surface area contributed by atoms with Gasteiger partial charge in [0.2, 0.25) is 0 Å². The summed E-state index contributed by atoms with van der Waals surface area (Å²) in [6.45, 7) is -0.353. The first-order valence-electron chi connectivity index (χ1n) is 7.11. The van der Waals surface area contributed by atoms with Gasteiger partial charge in [-0.25, -0.2) is 4.79 Å². The lowest BCUT2D eigenvalue weighted by molar-refractivity contribution is -0.142. The Morgan fingerprint density at radius 3 is 2.71 bits per heavy atom. The molecule has 2 aromatic carbocycles. The maximum atomic E-state index is 11.7. The number of amides is 1. The molecule has 2 aromatic rings. The molecule has 1 amide bonds. The van der Waals surface area contributed by atoms with Crippen molar-refractivity contribution in [3.63, 3.8) is 0 Å². The highest BCUT2D eigenvalue weighted by Crippen LogP contribution is 2.15. The highest BCUT2D eigenvalue weighted by atomic mass is 79.9. The van der Waals surface area contributed by atoms with Crippen LogP contribution < -0.4 is 10.1 Å². The van der Waals surface area contributed by atoms with Crippen LogP contribution in [0.2, 0.25) is 0 Å². The van der Waals surface area contributed by atoms with Crippen molar-refractivity contribution in [2.45, 2.75) is 0 Å². The zero-order chi connectivity index (χ0) is 17.4. The average Bonchev–Trinajstić information content (AvgIpc) is 2.58. The molecule has 6 heteroatoms. The van der Waals surface area contributed by atoms with Crippen LogP contribution in [0.1, 0.15) is 5.56 Å². The molecule has 0 heterocycles. The van der Waals surface area contributed by atoms with Gasteiger partial charge in [0.05, 0.1) is 7.11 Å². The number of nitrogens with one attached hydrogen (secondary N) is 1. The summed E-state index contributed by atoms with van der Waals surface area (Å²) in [6, 6.07) is 14.4. The molecule has 0 radical (unpaired) electrons. The minimum absolute atomic E-state index is 0.353. The average molecular weight is 390 g/mol. The van der Waals surface area contributed by atoms with Gasteiger partial charge in [-0.05, 0) is 42.0 Å². The van der Waals surface area contributed by atoms with E-state index in [-0.39, 0.29) is 6.61 Å². The Hall–Kier alpha value is -2.60. The van der Waals surface area contributed by atoms with Crippen molar-refractivity contribution < 1.29 is 19.1 Å². The van der Waals surface area contributed by atoms with Gasteiger partial charge in [-0.15, -0.1) is 0 Å². The first-order chi connectivity index (χ1) is 11.6. The first-order valence-corrected chi connectivity index (χ1v) is 7.90. The lowest BCUT2D eigenvalue weighted by Crippen LogP contribution is -2.20. The summed E-state index contributed by atoms with van der Waals surface area (Å²) >= 11 is 3.31. The molecular weight excluding hydrogens is 374 g/mol. The van der Waals surface area contributed by atoms with Gasteiger partial charge in [0.1, 0.15) is 5.75 Å². The minimum Gasteiger partial charge on any atom is -0.497 e. The maximum absolute atomic E-state index is 11.7. The molecular formula is C18H16BrNO4. The summed E-state index contributed by atoms with van der Waals surface area (Å²) in [7, 11) is 1.57. The Balaban J connectivity index is 1.81. The SMILES string of the molecule is COc1cccc(C=CC(=O)OCC(=O)Nc2cccc(Br)c2)c1. The van der Waals surface area contributed by atoms with E-state index in [0.29, 0.717) is 11.4 Å². The Labute approximate surface area is 148 Å². The van der Waals surface area contributed by atoms with E-state index in [4.69, 9.17) is 9.47 Å². The highest BCUT2D eigenvalue weighted by molar-refractivity contribution is 9.10. The van der Waals surface area contributed by atoms with Gasteiger partial charge in [0.15, 0.2) is 6.61 Å². The zero-order valence-electron chi connectivity index (χ0n) is 13.0. The molecule has 0 atom stereocenters. The molecule has 0 saturated carbocycles. The van der Waals surface area contributed by atoms with E-state index in [9.17, 15) is 9.59 Å². The lowest BCUT2D eigenvalue weighted by atomic mass is 10.2. The third-order valence-corrected chi connectivity index (χ3v) is 3.45. The molecule has 0 aliphatic carbocycles. The summed E-state index contributed by atoms with van der Waals surface area (Å²) in [5.41, 5.74) is 1.42. The second-order valence-corrected chi connectivity index (χ2v) is 5.69. The van der Waals surface area contributed by atoms with Crippen LogP contribution in [-0.4, -0.2) is 25.6 Å². The van der Waals surface area contributed by atoms with E-state index in [1.54, 1.807) is 37.5 Å². The number of hydrogen-bond donors (Lipinski definition) is 1. The molecule has 0 bridgehead atoms. The predicted molar refractivity (Wildman–Crippen MR) is 95.8 cm³/mol. The molecule has 2 rings (SSSR count). The quantitative estimate of drug-likeness (QED) is 0.604. The summed E-state index contributed by atoms with van der Waals surface area (Å²) in [6.07, 6.45) is 2.86. The standard InChI is InChI=1S/C18H16BrNO4/c1-23-16-7-2-4-13(10-16)8-9-18(22)24-12-17(21)20-15-6-3-5-14(19)11-15/h2-11H,12H2,1H3,(H,20,21). The van der Waals surface area contributed by atoms with Crippen molar-refractivity contribution in [2.75, 3.05) is 19.0 Å². The molecule has 24 heavy (non-hydrogen) atoms. The van der Waals surface area contributed by atoms with Crippen LogP contribution in [0, 0.1) is 0 Å². The minimum atomic E-state index is -0.595. The number of benzene rings is 2. The van der Waals surface area contributed by atoms with Crippen LogP contribution in [0.15, 0.2) is 59.1 Å². The van der Waals surface area contributed by atoms with E-state index in [1.165, 1.54) is 6.08 Å². The van der Waals surface area contributed by atoms with Gasteiger partial charge in [0, 0.05) is 16.2 Å². The van der Waals surface area contributed by atoms with Gasteiger partial charge >= 0.3 is 5.97 Å². The fourth-order valence-electron chi connectivity index (χ4n) is 1.86. The fourth-order valence-corrected chi connectivity index (χ4v) is 2.26. The van der Waals surface area contributed by atoms with E-state index in [0.717, 1.165) is 10.0 Å². The zero-order valence-corrected chi connectivity index (χ0v) is 14.6. The van der Waals surface area contributed by atoms with E-state index in [1.807, 2.05) is 24.3 Å². The van der Waals surface area contributed by atoms with Crippen molar-refractivity contribution in [3.8, 4) is 5.75 Å². The van der Waals surface area contributed by atoms with Crippen molar-refractivity contribution >= 4 is 39.6 Å². The van der Waals surface area contributed by atoms with Gasteiger partial charge in [-0.3, -0.25) is 4.79 Å². The summed E-state index contributed by atoms with van der Waals surface area (Å²) < 4.78 is 10.8. The number of hydrogen-bond acceptors (Lipinski definition) is 4. The number of ether oxygens (including phenoxy) is 2.